The average Bonchev–Trinajstić information content (AvgIpc) is 3.23. The summed E-state index contributed by atoms with van der Waals surface area (Å²) in [7, 11) is 2.16. The van der Waals surface area contributed by atoms with Crippen LogP contribution in [0.4, 0.5) is 0 Å². The summed E-state index contributed by atoms with van der Waals surface area (Å²) in [5, 5.41) is 7.28. The van der Waals surface area contributed by atoms with E-state index in [1.165, 1.54) is 11.8 Å². The van der Waals surface area contributed by atoms with Crippen LogP contribution in [-0.2, 0) is 24.3 Å². The van der Waals surface area contributed by atoms with E-state index in [1.54, 1.807) is 4.52 Å². The largest absolute Gasteiger partial charge is 0.365 e. The smallest absolute Gasteiger partial charge is 0.254 e. The van der Waals surface area contributed by atoms with Crippen LogP contribution in [0.1, 0.15) is 44.9 Å². The van der Waals surface area contributed by atoms with Crippen LogP contribution in [0.25, 0.3) is 5.65 Å². The highest BCUT2D eigenvalue weighted by atomic mass is 16.1. The molecule has 2 aromatic heterocycles. The van der Waals surface area contributed by atoms with Gasteiger partial charge in [0.15, 0.2) is 5.65 Å². The van der Waals surface area contributed by atoms with E-state index in [4.69, 9.17) is 5.73 Å². The summed E-state index contributed by atoms with van der Waals surface area (Å²) in [4.78, 5) is 33.5. The minimum absolute atomic E-state index is 0.0124. The van der Waals surface area contributed by atoms with Gasteiger partial charge < -0.3 is 16.0 Å². The molecule has 0 spiro atoms. The first-order valence-electron chi connectivity index (χ1n) is 11.7. The summed E-state index contributed by atoms with van der Waals surface area (Å²) < 4.78 is 1.62. The molecule has 9 nitrogen and oxygen atoms in total. The van der Waals surface area contributed by atoms with Crippen LogP contribution >= 0.6 is 0 Å². The number of rotatable bonds is 8. The number of nitrogens with two attached hydrogens (primary N) is 1. The Kier molecular flexibility index (Phi) is 7.23. The van der Waals surface area contributed by atoms with Gasteiger partial charge in [-0.05, 0) is 44.0 Å². The van der Waals surface area contributed by atoms with Crippen molar-refractivity contribution in [2.75, 3.05) is 33.2 Å². The van der Waals surface area contributed by atoms with Crippen molar-refractivity contribution in [1.82, 2.24) is 29.7 Å². The number of benzene rings is 1. The molecule has 0 saturated carbocycles. The lowest BCUT2D eigenvalue weighted by Crippen LogP contribution is -2.43. The normalized spacial score (nSPS) is 15.0. The number of aryl methyl sites for hydroxylation is 2. The number of likely N-dealkylation sites (N-methyl/N-ethyl adjacent to an activating group) is 1. The van der Waals surface area contributed by atoms with Crippen LogP contribution < -0.4 is 11.1 Å². The molecule has 3 N–H and O–H groups in total. The molecule has 0 radical (unpaired) electrons. The second-order valence-corrected chi connectivity index (χ2v) is 9.10. The summed E-state index contributed by atoms with van der Waals surface area (Å²) in [5.41, 5.74) is 11.1. The van der Waals surface area contributed by atoms with E-state index < -0.39 is 5.91 Å². The number of hydrogen-bond acceptors (Lipinski definition) is 6. The SMILES string of the molecule is Cc1nc2c(C(N)=O)cnn2c(C)c1CCC(=O)NCc1cccc(CN2CCN(C)CC2)c1. The number of fused-ring (bicyclic) bond motifs is 1. The maximum absolute atomic E-state index is 12.6. The van der Waals surface area contributed by atoms with Crippen LogP contribution in [0.2, 0.25) is 0 Å². The van der Waals surface area contributed by atoms with Crippen molar-refractivity contribution in [3.05, 3.63) is 64.1 Å². The number of hydrogen-bond donors (Lipinski definition) is 2. The van der Waals surface area contributed by atoms with Crippen molar-refractivity contribution in [2.24, 2.45) is 5.73 Å². The molecular formula is C25H33N7O2. The number of carbonyl (C=O) groups is 2. The number of piperazine rings is 1. The molecule has 1 aromatic carbocycles. The molecule has 3 aromatic rings. The van der Waals surface area contributed by atoms with Crippen molar-refractivity contribution < 1.29 is 9.59 Å². The lowest BCUT2D eigenvalue weighted by atomic mass is 10.1. The van der Waals surface area contributed by atoms with Gasteiger partial charge in [0.1, 0.15) is 5.56 Å². The molecule has 34 heavy (non-hydrogen) atoms. The van der Waals surface area contributed by atoms with E-state index in [1.807, 2.05) is 19.9 Å². The van der Waals surface area contributed by atoms with Gasteiger partial charge in [0, 0.05) is 57.1 Å². The Morgan fingerprint density at radius 2 is 1.85 bits per heavy atom. The zero-order chi connectivity index (χ0) is 24.2. The molecule has 0 aliphatic carbocycles. The summed E-state index contributed by atoms with van der Waals surface area (Å²) in [5.74, 6) is -0.567. The molecule has 1 saturated heterocycles. The van der Waals surface area contributed by atoms with Gasteiger partial charge in [-0.25, -0.2) is 9.50 Å². The maximum Gasteiger partial charge on any atom is 0.254 e. The van der Waals surface area contributed by atoms with E-state index >= 15 is 0 Å². The number of carbonyl (C=O) groups excluding carboxylic acids is 2. The fourth-order valence-corrected chi connectivity index (χ4v) is 4.48. The Bertz CT molecular complexity index is 1200. The first-order valence-corrected chi connectivity index (χ1v) is 11.7. The summed E-state index contributed by atoms with van der Waals surface area (Å²) in [6, 6.07) is 8.44. The predicted molar refractivity (Wildman–Crippen MR) is 130 cm³/mol. The summed E-state index contributed by atoms with van der Waals surface area (Å²) in [6.45, 7) is 9.61. The van der Waals surface area contributed by atoms with Crippen LogP contribution in [0.15, 0.2) is 30.5 Å². The van der Waals surface area contributed by atoms with Crippen molar-refractivity contribution in [1.29, 1.82) is 0 Å². The monoisotopic (exact) mass is 463 g/mol. The van der Waals surface area contributed by atoms with E-state index in [0.29, 0.717) is 30.6 Å². The second kappa shape index (κ2) is 10.3. The Hall–Kier alpha value is -3.30. The first kappa shape index (κ1) is 23.8. The molecule has 1 aliphatic rings. The van der Waals surface area contributed by atoms with Gasteiger partial charge in [-0.3, -0.25) is 14.5 Å². The molecule has 0 atom stereocenters. The number of nitrogens with zero attached hydrogens (tertiary/aromatic N) is 5. The minimum Gasteiger partial charge on any atom is -0.365 e. The molecule has 1 aliphatic heterocycles. The van der Waals surface area contributed by atoms with Crippen molar-refractivity contribution >= 4 is 17.5 Å². The number of amides is 2. The highest BCUT2D eigenvalue weighted by Gasteiger charge is 2.17. The van der Waals surface area contributed by atoms with E-state index in [2.05, 4.69) is 50.4 Å². The van der Waals surface area contributed by atoms with Gasteiger partial charge in [0.05, 0.1) is 6.20 Å². The Morgan fingerprint density at radius 3 is 2.59 bits per heavy atom. The second-order valence-electron chi connectivity index (χ2n) is 9.10. The molecule has 1 fully saturated rings. The topological polar surface area (TPSA) is 109 Å². The molecule has 2 amide bonds. The van der Waals surface area contributed by atoms with Gasteiger partial charge in [-0.15, -0.1) is 0 Å². The van der Waals surface area contributed by atoms with Crippen LogP contribution in [0, 0.1) is 13.8 Å². The number of nitrogens with one attached hydrogen (secondary N) is 1. The van der Waals surface area contributed by atoms with E-state index in [0.717, 1.165) is 55.2 Å². The minimum atomic E-state index is -0.555. The summed E-state index contributed by atoms with van der Waals surface area (Å²) in [6.07, 6.45) is 2.33. The lowest BCUT2D eigenvalue weighted by molar-refractivity contribution is -0.121. The van der Waals surface area contributed by atoms with E-state index in [9.17, 15) is 9.59 Å². The van der Waals surface area contributed by atoms with E-state index in [-0.39, 0.29) is 5.91 Å². The molecule has 0 unspecified atom stereocenters. The zero-order valence-corrected chi connectivity index (χ0v) is 20.2. The highest BCUT2D eigenvalue weighted by Crippen LogP contribution is 2.18. The van der Waals surface area contributed by atoms with Gasteiger partial charge in [0.25, 0.3) is 5.91 Å². The number of primary amides is 1. The molecule has 4 rings (SSSR count). The molecule has 9 heteroatoms. The Labute approximate surface area is 199 Å². The third kappa shape index (κ3) is 5.43. The fraction of sp³-hybridized carbons (Fsp3) is 0.440. The zero-order valence-electron chi connectivity index (χ0n) is 20.2. The van der Waals surface area contributed by atoms with Crippen molar-refractivity contribution in [2.45, 2.75) is 39.8 Å². The predicted octanol–water partition coefficient (Wildman–Crippen LogP) is 1.44. The highest BCUT2D eigenvalue weighted by molar-refractivity contribution is 5.98. The summed E-state index contributed by atoms with van der Waals surface area (Å²) >= 11 is 0. The van der Waals surface area contributed by atoms with Crippen LogP contribution in [0.3, 0.4) is 0 Å². The van der Waals surface area contributed by atoms with Crippen LogP contribution in [0.5, 0.6) is 0 Å². The average molecular weight is 464 g/mol. The van der Waals surface area contributed by atoms with Crippen molar-refractivity contribution in [3.8, 4) is 0 Å². The van der Waals surface area contributed by atoms with Crippen molar-refractivity contribution in [3.63, 3.8) is 0 Å². The van der Waals surface area contributed by atoms with Gasteiger partial charge in [-0.2, -0.15) is 5.10 Å². The third-order valence-electron chi connectivity index (χ3n) is 6.56. The Balaban J connectivity index is 1.32. The maximum atomic E-state index is 12.6. The third-order valence-corrected chi connectivity index (χ3v) is 6.56. The first-order chi connectivity index (χ1) is 16.3. The quantitative estimate of drug-likeness (QED) is 0.523. The van der Waals surface area contributed by atoms with Crippen LogP contribution in [-0.4, -0.2) is 69.4 Å². The molecule has 0 bridgehead atoms. The van der Waals surface area contributed by atoms with Gasteiger partial charge in [0.2, 0.25) is 5.91 Å². The Morgan fingerprint density at radius 1 is 1.12 bits per heavy atom. The standard InChI is InChI=1S/C25H33N7O2/c1-17-21(18(2)32-25(29-17)22(15-28-32)24(26)34)7-8-23(33)27-14-19-5-4-6-20(13-19)16-31-11-9-30(3)10-12-31/h4-6,13,15H,7-12,14,16H2,1-3H3,(H2,26,34)(H,27,33). The fourth-order valence-electron chi connectivity index (χ4n) is 4.48. The number of aromatic nitrogens is 3. The van der Waals surface area contributed by atoms with Gasteiger partial charge >= 0.3 is 0 Å². The molecule has 180 valence electrons. The molecular weight excluding hydrogens is 430 g/mol. The molecule has 3 heterocycles. The van der Waals surface area contributed by atoms with Gasteiger partial charge in [-0.1, -0.05) is 24.3 Å². The lowest BCUT2D eigenvalue weighted by Gasteiger charge is -2.32.